The lowest BCUT2D eigenvalue weighted by atomic mass is 10.1. The fourth-order valence-electron chi connectivity index (χ4n) is 2.12. The molecule has 1 aromatic rings. The molecule has 3 nitrogen and oxygen atoms in total. The number of hydrogen-bond acceptors (Lipinski definition) is 2. The summed E-state index contributed by atoms with van der Waals surface area (Å²) in [4.78, 5) is 13.9. The predicted molar refractivity (Wildman–Crippen MR) is 71.4 cm³/mol. The zero-order valence-corrected chi connectivity index (χ0v) is 11.2. The van der Waals surface area contributed by atoms with Crippen LogP contribution in [0.2, 0.25) is 0 Å². The van der Waals surface area contributed by atoms with Gasteiger partial charge >= 0.3 is 0 Å². The van der Waals surface area contributed by atoms with Gasteiger partial charge in [0.25, 0.3) is 0 Å². The van der Waals surface area contributed by atoms with Crippen LogP contribution in [0.25, 0.3) is 0 Å². The molecule has 1 N–H and O–H groups in total. The van der Waals surface area contributed by atoms with Crippen LogP contribution in [0.15, 0.2) is 24.3 Å². The summed E-state index contributed by atoms with van der Waals surface area (Å²) in [6.45, 7) is 4.33. The van der Waals surface area contributed by atoms with E-state index in [4.69, 9.17) is 0 Å². The lowest BCUT2D eigenvalue weighted by molar-refractivity contribution is -0.133. The predicted octanol–water partition coefficient (Wildman–Crippen LogP) is 1.61. The van der Waals surface area contributed by atoms with Gasteiger partial charge in [0.15, 0.2) is 0 Å². The zero-order valence-electron chi connectivity index (χ0n) is 10.4. The summed E-state index contributed by atoms with van der Waals surface area (Å²) in [6, 6.07) is 6.64. The normalized spacial score (nSPS) is 19.2. The van der Waals surface area contributed by atoms with Gasteiger partial charge in [-0.15, -0.1) is 12.4 Å². The molecule has 0 saturated carbocycles. The van der Waals surface area contributed by atoms with Crippen molar-refractivity contribution in [1.82, 2.24) is 10.2 Å². The highest BCUT2D eigenvalue weighted by atomic mass is 35.5. The first kappa shape index (κ1) is 14.9. The van der Waals surface area contributed by atoms with Crippen molar-refractivity contribution in [1.29, 1.82) is 0 Å². The maximum absolute atomic E-state index is 13.4. The lowest BCUT2D eigenvalue weighted by Gasteiger charge is -2.34. The van der Waals surface area contributed by atoms with E-state index < -0.39 is 0 Å². The maximum atomic E-state index is 13.4. The molecule has 1 heterocycles. The third-order valence-electron chi connectivity index (χ3n) is 3.12. The van der Waals surface area contributed by atoms with Crippen LogP contribution >= 0.6 is 12.4 Å². The molecule has 1 aliphatic rings. The standard InChI is InChI=1S/C13H17FN2O.ClH/c1-10-9-15-6-7-16(10)13(17)8-11-4-2-3-5-12(11)14;/h2-5,10,15H,6-9H2,1H3;1H. The number of carbonyl (C=O) groups excluding carboxylic acids is 1. The van der Waals surface area contributed by atoms with Crippen LogP contribution in [0.4, 0.5) is 4.39 Å². The first-order valence-electron chi connectivity index (χ1n) is 5.92. The quantitative estimate of drug-likeness (QED) is 0.887. The summed E-state index contributed by atoms with van der Waals surface area (Å²) in [7, 11) is 0. The van der Waals surface area contributed by atoms with Crippen molar-refractivity contribution in [3.8, 4) is 0 Å². The van der Waals surface area contributed by atoms with E-state index in [-0.39, 0.29) is 36.6 Å². The Labute approximate surface area is 113 Å². The highest BCUT2D eigenvalue weighted by Gasteiger charge is 2.23. The maximum Gasteiger partial charge on any atom is 0.227 e. The summed E-state index contributed by atoms with van der Waals surface area (Å²) in [5.74, 6) is -0.298. The van der Waals surface area contributed by atoms with Crippen LogP contribution in [0.3, 0.4) is 0 Å². The molecule has 1 atom stereocenters. The van der Waals surface area contributed by atoms with Crippen molar-refractivity contribution in [2.24, 2.45) is 0 Å². The topological polar surface area (TPSA) is 32.3 Å². The van der Waals surface area contributed by atoms with E-state index in [1.165, 1.54) is 6.07 Å². The molecular formula is C13H18ClFN2O. The first-order chi connectivity index (χ1) is 8.18. The van der Waals surface area contributed by atoms with Crippen LogP contribution in [-0.2, 0) is 11.2 Å². The highest BCUT2D eigenvalue weighted by molar-refractivity contribution is 5.85. The van der Waals surface area contributed by atoms with Crippen LogP contribution in [0, 0.1) is 5.82 Å². The SMILES string of the molecule is CC1CNCCN1C(=O)Cc1ccccc1F.Cl. The molecule has 100 valence electrons. The van der Waals surface area contributed by atoms with Gasteiger partial charge in [0.05, 0.1) is 6.42 Å². The average molecular weight is 273 g/mol. The highest BCUT2D eigenvalue weighted by Crippen LogP contribution is 2.11. The summed E-state index contributed by atoms with van der Waals surface area (Å²) in [5, 5.41) is 3.23. The van der Waals surface area contributed by atoms with Crippen molar-refractivity contribution in [3.05, 3.63) is 35.6 Å². The molecule has 1 saturated heterocycles. The first-order valence-corrected chi connectivity index (χ1v) is 5.92. The van der Waals surface area contributed by atoms with Crippen LogP contribution in [0.5, 0.6) is 0 Å². The molecular weight excluding hydrogens is 255 g/mol. The summed E-state index contributed by atoms with van der Waals surface area (Å²) >= 11 is 0. The number of benzene rings is 1. The van der Waals surface area contributed by atoms with Crippen molar-refractivity contribution in [2.75, 3.05) is 19.6 Å². The Bertz CT molecular complexity index is 414. The van der Waals surface area contributed by atoms with Crippen LogP contribution in [-0.4, -0.2) is 36.5 Å². The van der Waals surface area contributed by atoms with Gasteiger partial charge in [-0.25, -0.2) is 4.39 Å². The van der Waals surface area contributed by atoms with Gasteiger partial charge in [-0.05, 0) is 18.6 Å². The van der Waals surface area contributed by atoms with Gasteiger partial charge in [-0.3, -0.25) is 4.79 Å². The molecule has 0 radical (unpaired) electrons. The Balaban J connectivity index is 0.00000162. The molecule has 1 amide bonds. The monoisotopic (exact) mass is 272 g/mol. The molecule has 0 spiro atoms. The minimum absolute atomic E-state index is 0. The number of piperazine rings is 1. The molecule has 1 fully saturated rings. The second-order valence-corrected chi connectivity index (χ2v) is 4.41. The summed E-state index contributed by atoms with van der Waals surface area (Å²) < 4.78 is 13.4. The summed E-state index contributed by atoms with van der Waals surface area (Å²) in [6.07, 6.45) is 0.150. The Morgan fingerprint density at radius 3 is 2.89 bits per heavy atom. The van der Waals surface area contributed by atoms with E-state index in [1.807, 2.05) is 11.8 Å². The molecule has 1 unspecified atom stereocenters. The van der Waals surface area contributed by atoms with E-state index in [2.05, 4.69) is 5.32 Å². The van der Waals surface area contributed by atoms with Gasteiger partial charge in [0.2, 0.25) is 5.91 Å². The van der Waals surface area contributed by atoms with Crippen LogP contribution < -0.4 is 5.32 Å². The fraction of sp³-hybridized carbons (Fsp3) is 0.462. The molecule has 0 aromatic heterocycles. The minimum Gasteiger partial charge on any atom is -0.337 e. The number of halogens is 2. The van der Waals surface area contributed by atoms with Crippen molar-refractivity contribution < 1.29 is 9.18 Å². The van der Waals surface area contributed by atoms with Gasteiger partial charge in [0, 0.05) is 25.7 Å². The molecule has 1 aromatic carbocycles. The Kier molecular flexibility index (Phi) is 5.56. The van der Waals surface area contributed by atoms with E-state index in [1.54, 1.807) is 18.2 Å². The van der Waals surface area contributed by atoms with E-state index >= 15 is 0 Å². The van der Waals surface area contributed by atoms with E-state index in [0.717, 1.165) is 13.1 Å². The molecule has 0 bridgehead atoms. The van der Waals surface area contributed by atoms with E-state index in [0.29, 0.717) is 12.1 Å². The number of rotatable bonds is 2. The Morgan fingerprint density at radius 1 is 1.50 bits per heavy atom. The second-order valence-electron chi connectivity index (χ2n) is 4.41. The van der Waals surface area contributed by atoms with Gasteiger partial charge in [-0.2, -0.15) is 0 Å². The number of hydrogen-bond donors (Lipinski definition) is 1. The van der Waals surface area contributed by atoms with E-state index in [9.17, 15) is 9.18 Å². The van der Waals surface area contributed by atoms with Gasteiger partial charge < -0.3 is 10.2 Å². The molecule has 18 heavy (non-hydrogen) atoms. The third-order valence-corrected chi connectivity index (χ3v) is 3.12. The third kappa shape index (κ3) is 3.43. The number of amides is 1. The minimum atomic E-state index is -0.302. The Hall–Kier alpha value is -1.13. The number of nitrogens with one attached hydrogen (secondary N) is 1. The van der Waals surface area contributed by atoms with Gasteiger partial charge in [-0.1, -0.05) is 18.2 Å². The Morgan fingerprint density at radius 2 is 2.22 bits per heavy atom. The largest absolute Gasteiger partial charge is 0.337 e. The lowest BCUT2D eigenvalue weighted by Crippen LogP contribution is -2.52. The molecule has 2 rings (SSSR count). The zero-order chi connectivity index (χ0) is 12.3. The average Bonchev–Trinajstić information content (AvgIpc) is 2.32. The van der Waals surface area contributed by atoms with Crippen molar-refractivity contribution in [3.63, 3.8) is 0 Å². The van der Waals surface area contributed by atoms with Crippen molar-refractivity contribution in [2.45, 2.75) is 19.4 Å². The number of carbonyl (C=O) groups is 1. The molecule has 0 aliphatic carbocycles. The second kappa shape index (κ2) is 6.71. The van der Waals surface area contributed by atoms with Crippen LogP contribution in [0.1, 0.15) is 12.5 Å². The number of nitrogens with zero attached hydrogens (tertiary/aromatic N) is 1. The molecule has 5 heteroatoms. The van der Waals surface area contributed by atoms with Crippen molar-refractivity contribution >= 4 is 18.3 Å². The smallest absolute Gasteiger partial charge is 0.227 e. The van der Waals surface area contributed by atoms with Gasteiger partial charge in [0.1, 0.15) is 5.82 Å². The molecule has 1 aliphatic heterocycles. The fourth-order valence-corrected chi connectivity index (χ4v) is 2.12. The summed E-state index contributed by atoms with van der Waals surface area (Å²) in [5.41, 5.74) is 0.475.